The van der Waals surface area contributed by atoms with Crippen LogP contribution in [0.2, 0.25) is 0 Å². The van der Waals surface area contributed by atoms with Gasteiger partial charge in [0.1, 0.15) is 0 Å². The highest BCUT2D eigenvalue weighted by Gasteiger charge is 2.31. The Kier molecular flexibility index (Phi) is 6.24. The van der Waals surface area contributed by atoms with Crippen molar-refractivity contribution in [1.29, 1.82) is 0 Å². The van der Waals surface area contributed by atoms with Gasteiger partial charge in [0.15, 0.2) is 5.84 Å². The summed E-state index contributed by atoms with van der Waals surface area (Å²) in [6, 6.07) is 14.7. The van der Waals surface area contributed by atoms with Crippen molar-refractivity contribution in [3.05, 3.63) is 105 Å². The molecule has 31 heavy (non-hydrogen) atoms. The first-order valence-electron chi connectivity index (χ1n) is 9.12. The molecule has 0 aliphatic carbocycles. The van der Waals surface area contributed by atoms with E-state index >= 15 is 0 Å². The number of carbonyl (C=O) groups excluding carboxylic acids is 1. The van der Waals surface area contributed by atoms with Gasteiger partial charge in [-0.2, -0.15) is 13.2 Å². The summed E-state index contributed by atoms with van der Waals surface area (Å²) in [6.07, 6.45) is -3.84. The molecule has 160 valence electrons. The maximum absolute atomic E-state index is 12.9. The van der Waals surface area contributed by atoms with Gasteiger partial charge in [-0.1, -0.05) is 47.1 Å². The van der Waals surface area contributed by atoms with Gasteiger partial charge in [-0.3, -0.25) is 4.79 Å². The summed E-state index contributed by atoms with van der Waals surface area (Å²) in [5, 5.41) is 3.63. The van der Waals surface area contributed by atoms with Gasteiger partial charge in [-0.05, 0) is 30.7 Å². The van der Waals surface area contributed by atoms with Gasteiger partial charge in [-0.15, -0.1) is 0 Å². The van der Waals surface area contributed by atoms with Crippen LogP contribution in [0.25, 0.3) is 0 Å². The third-order valence-electron chi connectivity index (χ3n) is 4.40. The smallest absolute Gasteiger partial charge is 0.380 e. The van der Waals surface area contributed by atoms with Crippen LogP contribution >= 0.6 is 0 Å². The number of rotatable bonds is 5. The normalized spacial score (nSPS) is 11.9. The first kappa shape index (κ1) is 21.8. The predicted octanol–water partition coefficient (Wildman–Crippen LogP) is 3.70. The second-order valence-electron chi connectivity index (χ2n) is 6.80. The fraction of sp³-hybridized carbons (Fsp3) is 0.136. The summed E-state index contributed by atoms with van der Waals surface area (Å²) in [5.74, 6) is -0.784. The van der Waals surface area contributed by atoms with Crippen molar-refractivity contribution in [1.82, 2.24) is 4.57 Å². The third kappa shape index (κ3) is 5.59. The molecule has 9 heteroatoms. The Labute approximate surface area is 175 Å². The molecule has 0 radical (unpaired) electrons. The molecule has 0 amide bonds. The highest BCUT2D eigenvalue weighted by Crippen LogP contribution is 2.28. The van der Waals surface area contributed by atoms with Crippen LogP contribution < -0.4 is 11.3 Å². The molecule has 6 nitrogen and oxygen atoms in total. The SMILES string of the molecule is Cc1ccc(/C(N)=N\OC(=O)c2cccc(Cn3cc(C(F)(F)F)ccc3=O)c2)cc1. The van der Waals surface area contributed by atoms with E-state index in [0.717, 1.165) is 28.5 Å². The Balaban J connectivity index is 1.76. The second-order valence-corrected chi connectivity index (χ2v) is 6.80. The number of hydrogen-bond donors (Lipinski definition) is 1. The van der Waals surface area contributed by atoms with Crippen molar-refractivity contribution in [3.63, 3.8) is 0 Å². The van der Waals surface area contributed by atoms with Crippen LogP contribution in [-0.2, 0) is 17.6 Å². The first-order chi connectivity index (χ1) is 14.6. The molecule has 0 saturated carbocycles. The molecule has 0 aliphatic rings. The van der Waals surface area contributed by atoms with Gasteiger partial charge in [0.05, 0.1) is 17.7 Å². The highest BCUT2D eigenvalue weighted by molar-refractivity contribution is 5.98. The van der Waals surface area contributed by atoms with Crippen LogP contribution in [0.5, 0.6) is 0 Å². The standard InChI is InChI=1S/C22H18F3N3O3/c1-14-5-7-16(8-6-14)20(26)27-31-21(30)17-4-2-3-15(11-17)12-28-13-18(22(23,24)25)9-10-19(28)29/h2-11,13H,12H2,1H3,(H2,26,27). The molecule has 2 aromatic carbocycles. The minimum Gasteiger partial charge on any atom is -0.380 e. The molecule has 0 fully saturated rings. The molecule has 0 spiro atoms. The Bertz CT molecular complexity index is 1180. The topological polar surface area (TPSA) is 86.7 Å². The zero-order chi connectivity index (χ0) is 22.6. The number of halogens is 3. The number of nitrogens with zero attached hydrogens (tertiary/aromatic N) is 2. The van der Waals surface area contributed by atoms with E-state index < -0.39 is 23.3 Å². The average molecular weight is 429 g/mol. The zero-order valence-electron chi connectivity index (χ0n) is 16.4. The number of oxime groups is 1. The van der Waals surface area contributed by atoms with Crippen molar-refractivity contribution in [2.45, 2.75) is 19.6 Å². The minimum absolute atomic E-state index is 0.0139. The van der Waals surface area contributed by atoms with Crippen molar-refractivity contribution >= 4 is 11.8 Å². The zero-order valence-corrected chi connectivity index (χ0v) is 16.4. The lowest BCUT2D eigenvalue weighted by Crippen LogP contribution is -2.22. The molecule has 3 rings (SSSR count). The first-order valence-corrected chi connectivity index (χ1v) is 9.12. The van der Waals surface area contributed by atoms with Gasteiger partial charge >= 0.3 is 12.1 Å². The number of benzene rings is 2. The quantitative estimate of drug-likeness (QED) is 0.290. The van der Waals surface area contributed by atoms with E-state index in [1.807, 2.05) is 19.1 Å². The van der Waals surface area contributed by atoms with E-state index in [-0.39, 0.29) is 17.9 Å². The third-order valence-corrected chi connectivity index (χ3v) is 4.40. The summed E-state index contributed by atoms with van der Waals surface area (Å²) in [6.45, 7) is 1.76. The maximum Gasteiger partial charge on any atom is 0.417 e. The Hall–Kier alpha value is -3.88. The highest BCUT2D eigenvalue weighted by atomic mass is 19.4. The fourth-order valence-corrected chi connectivity index (χ4v) is 2.74. The van der Waals surface area contributed by atoms with E-state index in [2.05, 4.69) is 5.16 Å². The number of nitrogens with two attached hydrogens (primary N) is 1. The summed E-state index contributed by atoms with van der Waals surface area (Å²) in [4.78, 5) is 29.1. The second kappa shape index (κ2) is 8.86. The van der Waals surface area contributed by atoms with Gasteiger partial charge in [0, 0.05) is 17.8 Å². The molecule has 2 N–H and O–H groups in total. The molecule has 0 bridgehead atoms. The number of aromatic nitrogens is 1. The Morgan fingerprint density at radius 1 is 1.06 bits per heavy atom. The van der Waals surface area contributed by atoms with Gasteiger partial charge < -0.3 is 15.1 Å². The average Bonchev–Trinajstić information content (AvgIpc) is 2.73. The molecule has 1 aromatic heterocycles. The number of alkyl halides is 3. The minimum atomic E-state index is -4.57. The van der Waals surface area contributed by atoms with E-state index in [1.165, 1.54) is 18.2 Å². The summed E-state index contributed by atoms with van der Waals surface area (Å²) < 4.78 is 39.6. The van der Waals surface area contributed by atoms with E-state index in [4.69, 9.17) is 10.6 Å². The molecule has 3 aromatic rings. The van der Waals surface area contributed by atoms with E-state index in [9.17, 15) is 22.8 Å². The molecular formula is C22H18F3N3O3. The van der Waals surface area contributed by atoms with Crippen molar-refractivity contribution in [2.75, 3.05) is 0 Å². The van der Waals surface area contributed by atoms with Gasteiger partial charge in [0.2, 0.25) is 0 Å². The molecule has 0 unspecified atom stereocenters. The van der Waals surface area contributed by atoms with E-state index in [1.54, 1.807) is 18.2 Å². The monoisotopic (exact) mass is 429 g/mol. The van der Waals surface area contributed by atoms with Crippen LogP contribution in [0.15, 0.2) is 76.8 Å². The van der Waals surface area contributed by atoms with Crippen molar-refractivity contribution < 1.29 is 22.8 Å². The van der Waals surface area contributed by atoms with Crippen LogP contribution in [0, 0.1) is 6.92 Å². The fourth-order valence-electron chi connectivity index (χ4n) is 2.74. The largest absolute Gasteiger partial charge is 0.417 e. The number of hydrogen-bond acceptors (Lipinski definition) is 4. The number of pyridine rings is 1. The summed E-state index contributed by atoms with van der Waals surface area (Å²) in [7, 11) is 0. The molecule has 0 aliphatic heterocycles. The summed E-state index contributed by atoms with van der Waals surface area (Å²) >= 11 is 0. The van der Waals surface area contributed by atoms with Crippen molar-refractivity contribution in [3.8, 4) is 0 Å². The van der Waals surface area contributed by atoms with Crippen molar-refractivity contribution in [2.24, 2.45) is 10.9 Å². The molecule has 0 saturated heterocycles. The van der Waals surface area contributed by atoms with Crippen LogP contribution in [-0.4, -0.2) is 16.4 Å². The molecule has 0 atom stereocenters. The van der Waals surface area contributed by atoms with Crippen LogP contribution in [0.1, 0.15) is 32.6 Å². The van der Waals surface area contributed by atoms with Gasteiger partial charge in [0.25, 0.3) is 5.56 Å². The lowest BCUT2D eigenvalue weighted by molar-refractivity contribution is -0.138. The number of aryl methyl sites for hydroxylation is 1. The van der Waals surface area contributed by atoms with E-state index in [0.29, 0.717) is 11.1 Å². The van der Waals surface area contributed by atoms with Crippen LogP contribution in [0.3, 0.4) is 0 Å². The number of carbonyl (C=O) groups is 1. The maximum atomic E-state index is 12.9. The Morgan fingerprint density at radius 3 is 2.45 bits per heavy atom. The Morgan fingerprint density at radius 2 is 1.77 bits per heavy atom. The predicted molar refractivity (Wildman–Crippen MR) is 109 cm³/mol. The summed E-state index contributed by atoms with van der Waals surface area (Å²) in [5.41, 5.74) is 6.43. The van der Waals surface area contributed by atoms with Gasteiger partial charge in [-0.25, -0.2) is 4.79 Å². The lowest BCUT2D eigenvalue weighted by Gasteiger charge is -2.11. The number of amidine groups is 1. The van der Waals surface area contributed by atoms with Crippen LogP contribution in [0.4, 0.5) is 13.2 Å². The lowest BCUT2D eigenvalue weighted by atomic mass is 10.1. The molecular weight excluding hydrogens is 411 g/mol. The molecule has 1 heterocycles.